The summed E-state index contributed by atoms with van der Waals surface area (Å²) in [5.41, 5.74) is 0.871. The summed E-state index contributed by atoms with van der Waals surface area (Å²) < 4.78 is 18.0. The number of carboxylic acid groups (broad SMARTS) is 1. The number of benzene rings is 1. The first-order chi connectivity index (χ1) is 10.6. The molecule has 0 radical (unpaired) electrons. The number of methoxy groups -OCH3 is 1. The van der Waals surface area contributed by atoms with Gasteiger partial charge in [0.1, 0.15) is 17.4 Å². The lowest BCUT2D eigenvalue weighted by Gasteiger charge is -2.20. The van der Waals surface area contributed by atoms with Crippen molar-refractivity contribution < 1.29 is 19.0 Å². The highest BCUT2D eigenvalue weighted by Crippen LogP contribution is 2.23. The van der Waals surface area contributed by atoms with Crippen LogP contribution < -0.4 is 4.90 Å². The molecule has 0 saturated carbocycles. The van der Waals surface area contributed by atoms with E-state index >= 15 is 0 Å². The Balaban J connectivity index is 2.13. The molecule has 1 N–H and O–H groups in total. The topological polar surface area (TPSA) is 75.6 Å². The van der Waals surface area contributed by atoms with Gasteiger partial charge in [0.05, 0.1) is 6.42 Å². The van der Waals surface area contributed by atoms with Crippen LogP contribution in [0.5, 0.6) is 0 Å². The van der Waals surface area contributed by atoms with Gasteiger partial charge in [-0.3, -0.25) is 4.79 Å². The van der Waals surface area contributed by atoms with Gasteiger partial charge in [0.25, 0.3) is 0 Å². The van der Waals surface area contributed by atoms with E-state index in [1.807, 2.05) is 4.90 Å². The average molecular weight is 325 g/mol. The van der Waals surface area contributed by atoms with Gasteiger partial charge in [-0.2, -0.15) is 0 Å². The molecular formula is C14H16FN3O3S. The van der Waals surface area contributed by atoms with Crippen LogP contribution in [0.15, 0.2) is 24.3 Å². The van der Waals surface area contributed by atoms with E-state index in [1.54, 1.807) is 19.2 Å². The Morgan fingerprint density at radius 1 is 1.36 bits per heavy atom. The quantitative estimate of drug-likeness (QED) is 0.803. The van der Waals surface area contributed by atoms with Crippen LogP contribution in [0.3, 0.4) is 0 Å². The minimum atomic E-state index is -0.884. The number of aromatic nitrogens is 2. The van der Waals surface area contributed by atoms with Crippen LogP contribution >= 0.6 is 11.3 Å². The maximum absolute atomic E-state index is 13.0. The van der Waals surface area contributed by atoms with Gasteiger partial charge >= 0.3 is 5.97 Å². The van der Waals surface area contributed by atoms with Crippen molar-refractivity contribution in [2.75, 3.05) is 18.6 Å². The lowest BCUT2D eigenvalue weighted by molar-refractivity contribution is -0.136. The predicted octanol–water partition coefficient (Wildman–Crippen LogP) is 2.30. The minimum absolute atomic E-state index is 0.0135. The van der Waals surface area contributed by atoms with Crippen LogP contribution in [0, 0.1) is 5.82 Å². The molecule has 0 amide bonds. The molecule has 6 nitrogen and oxygen atoms in total. The largest absolute Gasteiger partial charge is 0.481 e. The molecule has 2 rings (SSSR count). The Kier molecular flexibility index (Phi) is 5.79. The standard InChI is InChI=1S/C14H16FN3O3S/c1-21-9-12-16-17-14(22-12)18(7-6-13(19)20)8-10-2-4-11(15)5-3-10/h2-5H,6-9H2,1H3,(H,19,20). The fourth-order valence-corrected chi connectivity index (χ4v) is 2.67. The number of halogens is 1. The second-order valence-corrected chi connectivity index (χ2v) is 5.64. The summed E-state index contributed by atoms with van der Waals surface area (Å²) in [4.78, 5) is 12.6. The summed E-state index contributed by atoms with van der Waals surface area (Å²) >= 11 is 1.35. The first-order valence-electron chi connectivity index (χ1n) is 6.61. The molecule has 0 bridgehead atoms. The number of hydrogen-bond donors (Lipinski definition) is 1. The molecule has 0 unspecified atom stereocenters. The number of anilines is 1. The molecule has 0 saturated heterocycles. The van der Waals surface area contributed by atoms with Crippen molar-refractivity contribution in [3.05, 3.63) is 40.7 Å². The molecule has 8 heteroatoms. The second-order valence-electron chi connectivity index (χ2n) is 4.60. The molecule has 1 heterocycles. The fraction of sp³-hybridized carbons (Fsp3) is 0.357. The number of ether oxygens (including phenoxy) is 1. The normalized spacial score (nSPS) is 10.6. The van der Waals surface area contributed by atoms with Gasteiger partial charge in [-0.1, -0.05) is 23.5 Å². The average Bonchev–Trinajstić information content (AvgIpc) is 2.94. The van der Waals surface area contributed by atoms with E-state index in [2.05, 4.69) is 10.2 Å². The van der Waals surface area contributed by atoms with Crippen molar-refractivity contribution in [2.45, 2.75) is 19.6 Å². The van der Waals surface area contributed by atoms with E-state index in [0.717, 1.165) is 10.6 Å². The monoisotopic (exact) mass is 325 g/mol. The molecule has 0 aliphatic heterocycles. The van der Waals surface area contributed by atoms with Crippen molar-refractivity contribution in [3.63, 3.8) is 0 Å². The van der Waals surface area contributed by atoms with Crippen molar-refractivity contribution in [1.29, 1.82) is 0 Å². The van der Waals surface area contributed by atoms with Crippen molar-refractivity contribution >= 4 is 22.4 Å². The lowest BCUT2D eigenvalue weighted by Crippen LogP contribution is -2.25. The van der Waals surface area contributed by atoms with Crippen LogP contribution in [0.2, 0.25) is 0 Å². The molecule has 0 atom stereocenters. The minimum Gasteiger partial charge on any atom is -0.481 e. The van der Waals surface area contributed by atoms with Gasteiger partial charge in [0, 0.05) is 20.2 Å². The Bertz CT molecular complexity index is 618. The summed E-state index contributed by atoms with van der Waals surface area (Å²) in [6.45, 7) is 1.10. The van der Waals surface area contributed by atoms with Gasteiger partial charge in [-0.05, 0) is 17.7 Å². The first-order valence-corrected chi connectivity index (χ1v) is 7.42. The Morgan fingerprint density at radius 2 is 2.09 bits per heavy atom. The van der Waals surface area contributed by atoms with Crippen molar-refractivity contribution in [2.24, 2.45) is 0 Å². The maximum Gasteiger partial charge on any atom is 0.305 e. The van der Waals surface area contributed by atoms with Gasteiger partial charge in [0.15, 0.2) is 0 Å². The zero-order chi connectivity index (χ0) is 15.9. The van der Waals surface area contributed by atoms with Crippen LogP contribution in [-0.4, -0.2) is 34.9 Å². The molecule has 2 aromatic rings. The molecule has 0 aliphatic rings. The highest BCUT2D eigenvalue weighted by atomic mass is 32.1. The van der Waals surface area contributed by atoms with Crippen molar-refractivity contribution in [1.82, 2.24) is 10.2 Å². The lowest BCUT2D eigenvalue weighted by atomic mass is 10.2. The van der Waals surface area contributed by atoms with E-state index in [4.69, 9.17) is 9.84 Å². The third-order valence-corrected chi connectivity index (χ3v) is 3.83. The molecule has 1 aromatic carbocycles. The number of carboxylic acids is 1. The predicted molar refractivity (Wildman–Crippen MR) is 80.3 cm³/mol. The molecule has 0 fully saturated rings. The Morgan fingerprint density at radius 3 is 2.73 bits per heavy atom. The molecule has 22 heavy (non-hydrogen) atoms. The number of nitrogens with zero attached hydrogens (tertiary/aromatic N) is 3. The second kappa shape index (κ2) is 7.81. The summed E-state index contributed by atoms with van der Waals surface area (Å²) in [5.74, 6) is -1.19. The van der Waals surface area contributed by atoms with E-state index in [-0.39, 0.29) is 12.2 Å². The molecular weight excluding hydrogens is 309 g/mol. The zero-order valence-corrected chi connectivity index (χ0v) is 12.8. The van der Waals surface area contributed by atoms with Crippen LogP contribution in [0.1, 0.15) is 17.0 Å². The Hall–Kier alpha value is -2.06. The van der Waals surface area contributed by atoms with E-state index in [1.165, 1.54) is 23.5 Å². The van der Waals surface area contributed by atoms with Crippen LogP contribution in [0.25, 0.3) is 0 Å². The highest BCUT2D eigenvalue weighted by Gasteiger charge is 2.15. The number of rotatable bonds is 8. The number of hydrogen-bond acceptors (Lipinski definition) is 6. The van der Waals surface area contributed by atoms with Crippen LogP contribution in [-0.2, 0) is 22.7 Å². The van der Waals surface area contributed by atoms with Crippen molar-refractivity contribution in [3.8, 4) is 0 Å². The third kappa shape index (κ3) is 4.74. The number of carbonyl (C=O) groups is 1. The van der Waals surface area contributed by atoms with E-state index < -0.39 is 5.97 Å². The molecule has 1 aromatic heterocycles. The molecule has 0 spiro atoms. The molecule has 118 valence electrons. The van der Waals surface area contributed by atoms with Gasteiger partial charge in [0.2, 0.25) is 5.13 Å². The summed E-state index contributed by atoms with van der Waals surface area (Å²) in [5, 5.41) is 18.3. The zero-order valence-electron chi connectivity index (χ0n) is 12.0. The van der Waals surface area contributed by atoms with E-state index in [9.17, 15) is 9.18 Å². The summed E-state index contributed by atoms with van der Waals surface area (Å²) in [6.07, 6.45) is -0.0135. The highest BCUT2D eigenvalue weighted by molar-refractivity contribution is 7.15. The first kappa shape index (κ1) is 16.3. The van der Waals surface area contributed by atoms with Crippen LogP contribution in [0.4, 0.5) is 9.52 Å². The summed E-state index contributed by atoms with van der Waals surface area (Å²) in [6, 6.07) is 6.09. The van der Waals surface area contributed by atoms with Gasteiger partial charge in [-0.25, -0.2) is 4.39 Å². The Labute approximate surface area is 131 Å². The fourth-order valence-electron chi connectivity index (χ4n) is 1.84. The summed E-state index contributed by atoms with van der Waals surface area (Å²) in [7, 11) is 1.57. The third-order valence-electron chi connectivity index (χ3n) is 2.88. The van der Waals surface area contributed by atoms with Gasteiger partial charge in [-0.15, -0.1) is 10.2 Å². The maximum atomic E-state index is 13.0. The smallest absolute Gasteiger partial charge is 0.305 e. The number of aliphatic carboxylic acids is 1. The van der Waals surface area contributed by atoms with Gasteiger partial charge < -0.3 is 14.7 Å². The molecule has 0 aliphatic carbocycles. The van der Waals surface area contributed by atoms with E-state index in [0.29, 0.717) is 24.8 Å². The SMILES string of the molecule is COCc1nnc(N(CCC(=O)O)Cc2ccc(F)cc2)s1.